The third kappa shape index (κ3) is 3.53. The number of hydrogen-bond donors (Lipinski definition) is 1. The number of nitrogens with one attached hydrogen (secondary N) is 1. The summed E-state index contributed by atoms with van der Waals surface area (Å²) in [6.45, 7) is 2.07. The van der Waals surface area contributed by atoms with E-state index in [0.717, 1.165) is 5.69 Å². The van der Waals surface area contributed by atoms with Crippen LogP contribution in [0, 0.1) is 11.3 Å². The molecule has 2 heterocycles. The third-order valence-corrected chi connectivity index (χ3v) is 2.69. The van der Waals surface area contributed by atoms with Crippen LogP contribution in [0.2, 0.25) is 0 Å². The number of aromatic nitrogens is 1. The van der Waals surface area contributed by atoms with E-state index in [1.165, 1.54) is 6.20 Å². The Morgan fingerprint density at radius 3 is 2.95 bits per heavy atom. The van der Waals surface area contributed by atoms with Crippen molar-refractivity contribution >= 4 is 11.6 Å². The first-order chi connectivity index (χ1) is 9.31. The van der Waals surface area contributed by atoms with Gasteiger partial charge in [-0.2, -0.15) is 5.26 Å². The van der Waals surface area contributed by atoms with Crippen molar-refractivity contribution in [2.75, 3.05) is 31.6 Å². The van der Waals surface area contributed by atoms with E-state index in [4.69, 9.17) is 10.00 Å². The molecule has 6 heteroatoms. The SMILES string of the molecule is N#C/C(=C/Nc1cccnc1)C(=O)N1CCOCC1. The Balaban J connectivity index is 2.03. The highest BCUT2D eigenvalue weighted by Gasteiger charge is 2.20. The minimum Gasteiger partial charge on any atom is -0.378 e. The minimum atomic E-state index is -0.276. The van der Waals surface area contributed by atoms with Crippen LogP contribution in [0.3, 0.4) is 0 Å². The highest BCUT2D eigenvalue weighted by Crippen LogP contribution is 2.07. The maximum absolute atomic E-state index is 12.1. The number of carbonyl (C=O) groups excluding carboxylic acids is 1. The van der Waals surface area contributed by atoms with Crippen LogP contribution < -0.4 is 5.32 Å². The number of carbonyl (C=O) groups is 1. The molecule has 1 N–H and O–H groups in total. The lowest BCUT2D eigenvalue weighted by molar-refractivity contribution is -0.130. The summed E-state index contributed by atoms with van der Waals surface area (Å²) >= 11 is 0. The molecule has 0 aliphatic carbocycles. The zero-order valence-electron chi connectivity index (χ0n) is 10.4. The number of rotatable bonds is 3. The fraction of sp³-hybridized carbons (Fsp3) is 0.308. The Morgan fingerprint density at radius 1 is 1.53 bits per heavy atom. The number of ether oxygens (including phenoxy) is 1. The number of morpholine rings is 1. The molecule has 1 saturated heterocycles. The van der Waals surface area contributed by atoms with Crippen LogP contribution in [0.1, 0.15) is 0 Å². The van der Waals surface area contributed by atoms with Gasteiger partial charge >= 0.3 is 0 Å². The lowest BCUT2D eigenvalue weighted by Crippen LogP contribution is -2.41. The van der Waals surface area contributed by atoms with E-state index in [-0.39, 0.29) is 11.5 Å². The van der Waals surface area contributed by atoms with E-state index >= 15 is 0 Å². The standard InChI is InChI=1S/C13H14N4O2/c14-8-11(9-16-12-2-1-3-15-10-12)13(18)17-4-6-19-7-5-17/h1-3,9-10,16H,4-7H2/b11-9-. The van der Waals surface area contributed by atoms with Crippen molar-refractivity contribution in [1.82, 2.24) is 9.88 Å². The van der Waals surface area contributed by atoms with Crippen LogP contribution >= 0.6 is 0 Å². The van der Waals surface area contributed by atoms with Crippen LogP contribution in [0.15, 0.2) is 36.3 Å². The van der Waals surface area contributed by atoms with Gasteiger partial charge in [0.15, 0.2) is 0 Å². The maximum atomic E-state index is 12.1. The first-order valence-corrected chi connectivity index (χ1v) is 5.95. The molecule has 1 aromatic rings. The molecule has 1 fully saturated rings. The Kier molecular flexibility index (Phi) is 4.48. The molecular weight excluding hydrogens is 244 g/mol. The highest BCUT2D eigenvalue weighted by molar-refractivity contribution is 5.97. The van der Waals surface area contributed by atoms with E-state index in [1.807, 2.05) is 6.07 Å². The Bertz CT molecular complexity index is 501. The van der Waals surface area contributed by atoms with Gasteiger partial charge in [-0.1, -0.05) is 0 Å². The number of hydrogen-bond acceptors (Lipinski definition) is 5. The molecule has 2 rings (SSSR count). The summed E-state index contributed by atoms with van der Waals surface area (Å²) in [6, 6.07) is 5.49. The lowest BCUT2D eigenvalue weighted by Gasteiger charge is -2.26. The average Bonchev–Trinajstić information content (AvgIpc) is 2.49. The monoisotopic (exact) mass is 258 g/mol. The fourth-order valence-electron chi connectivity index (χ4n) is 1.68. The zero-order valence-corrected chi connectivity index (χ0v) is 10.4. The average molecular weight is 258 g/mol. The molecule has 1 amide bonds. The van der Waals surface area contributed by atoms with Crippen LogP contribution in [-0.4, -0.2) is 42.1 Å². The molecule has 0 spiro atoms. The van der Waals surface area contributed by atoms with Crippen molar-refractivity contribution in [3.8, 4) is 6.07 Å². The molecule has 19 heavy (non-hydrogen) atoms. The minimum absolute atomic E-state index is 0.0748. The van der Waals surface area contributed by atoms with Gasteiger partial charge in [-0.25, -0.2) is 0 Å². The molecule has 6 nitrogen and oxygen atoms in total. The van der Waals surface area contributed by atoms with Crippen molar-refractivity contribution < 1.29 is 9.53 Å². The van der Waals surface area contributed by atoms with Gasteiger partial charge < -0.3 is 15.0 Å². The molecular formula is C13H14N4O2. The fourth-order valence-corrected chi connectivity index (χ4v) is 1.68. The van der Waals surface area contributed by atoms with Gasteiger partial charge in [0, 0.05) is 25.5 Å². The van der Waals surface area contributed by atoms with Crippen molar-refractivity contribution in [3.63, 3.8) is 0 Å². The second kappa shape index (κ2) is 6.52. The van der Waals surface area contributed by atoms with Gasteiger partial charge in [0.2, 0.25) is 0 Å². The first-order valence-electron chi connectivity index (χ1n) is 5.95. The van der Waals surface area contributed by atoms with E-state index in [2.05, 4.69) is 10.3 Å². The van der Waals surface area contributed by atoms with E-state index in [9.17, 15) is 4.79 Å². The number of pyridine rings is 1. The van der Waals surface area contributed by atoms with Gasteiger partial charge in [-0.05, 0) is 12.1 Å². The lowest BCUT2D eigenvalue weighted by atomic mass is 10.2. The second-order valence-corrected chi connectivity index (χ2v) is 3.96. The summed E-state index contributed by atoms with van der Waals surface area (Å²) < 4.78 is 5.17. The third-order valence-electron chi connectivity index (χ3n) is 2.69. The molecule has 0 unspecified atom stereocenters. The van der Waals surface area contributed by atoms with Gasteiger partial charge in [0.25, 0.3) is 5.91 Å². The number of amides is 1. The topological polar surface area (TPSA) is 78.2 Å². The number of nitriles is 1. The van der Waals surface area contributed by atoms with E-state index in [1.54, 1.807) is 29.4 Å². The predicted molar refractivity (Wildman–Crippen MR) is 69.0 cm³/mol. The Labute approximate surface area is 111 Å². The van der Waals surface area contributed by atoms with Crippen LogP contribution in [0.4, 0.5) is 5.69 Å². The molecule has 1 aliphatic heterocycles. The van der Waals surface area contributed by atoms with Gasteiger partial charge in [-0.15, -0.1) is 0 Å². The van der Waals surface area contributed by atoms with Crippen molar-refractivity contribution in [2.45, 2.75) is 0 Å². The quantitative estimate of drug-likeness (QED) is 0.639. The number of nitrogens with zero attached hydrogens (tertiary/aromatic N) is 3. The first kappa shape index (κ1) is 13.1. The molecule has 0 aromatic carbocycles. The van der Waals surface area contributed by atoms with Crippen molar-refractivity contribution in [3.05, 3.63) is 36.3 Å². The molecule has 98 valence electrons. The van der Waals surface area contributed by atoms with Gasteiger partial charge in [0.05, 0.1) is 25.1 Å². The van der Waals surface area contributed by atoms with Crippen LogP contribution in [-0.2, 0) is 9.53 Å². The molecule has 0 saturated carbocycles. The predicted octanol–water partition coefficient (Wildman–Crippen LogP) is 0.760. The zero-order chi connectivity index (χ0) is 13.5. The van der Waals surface area contributed by atoms with Gasteiger partial charge in [-0.3, -0.25) is 9.78 Å². The summed E-state index contributed by atoms with van der Waals surface area (Å²) in [6.07, 6.45) is 4.68. The summed E-state index contributed by atoms with van der Waals surface area (Å²) in [7, 11) is 0. The van der Waals surface area contributed by atoms with Crippen molar-refractivity contribution in [1.29, 1.82) is 5.26 Å². The Hall–Kier alpha value is -2.39. The summed E-state index contributed by atoms with van der Waals surface area (Å²) in [5.41, 5.74) is 0.802. The summed E-state index contributed by atoms with van der Waals surface area (Å²) in [4.78, 5) is 17.6. The molecule has 0 atom stereocenters. The number of anilines is 1. The van der Waals surface area contributed by atoms with Gasteiger partial charge in [0.1, 0.15) is 11.6 Å². The van der Waals surface area contributed by atoms with Crippen molar-refractivity contribution in [2.24, 2.45) is 0 Å². The molecule has 0 radical (unpaired) electrons. The summed E-state index contributed by atoms with van der Waals surface area (Å²) in [5.74, 6) is -0.276. The largest absolute Gasteiger partial charge is 0.378 e. The van der Waals surface area contributed by atoms with E-state index < -0.39 is 0 Å². The molecule has 0 bridgehead atoms. The van der Waals surface area contributed by atoms with E-state index in [0.29, 0.717) is 26.3 Å². The second-order valence-electron chi connectivity index (χ2n) is 3.96. The molecule has 1 aromatic heterocycles. The highest BCUT2D eigenvalue weighted by atomic mass is 16.5. The maximum Gasteiger partial charge on any atom is 0.266 e. The smallest absolute Gasteiger partial charge is 0.266 e. The van der Waals surface area contributed by atoms with Crippen LogP contribution in [0.25, 0.3) is 0 Å². The summed E-state index contributed by atoms with van der Waals surface area (Å²) in [5, 5.41) is 11.9. The normalized spacial score (nSPS) is 15.7. The molecule has 1 aliphatic rings. The Morgan fingerprint density at radius 2 is 2.32 bits per heavy atom. The van der Waals surface area contributed by atoms with Crippen LogP contribution in [0.5, 0.6) is 0 Å².